The molecule has 0 fully saturated rings. The molecule has 0 radical (unpaired) electrons. The first-order valence-corrected chi connectivity index (χ1v) is 6.32. The SMILES string of the molecule is C=CCS(=O)(=O)c1ccc(OC)c(C(=O)O)c1. The first kappa shape index (κ1) is 13.2. The Kier molecular flexibility index (Phi) is 3.90. The highest BCUT2D eigenvalue weighted by molar-refractivity contribution is 7.91. The molecule has 1 N–H and O–H groups in total. The molecule has 1 rings (SSSR count). The van der Waals surface area contributed by atoms with Crippen LogP contribution in [0.2, 0.25) is 0 Å². The Balaban J connectivity index is 3.35. The van der Waals surface area contributed by atoms with Crippen molar-refractivity contribution < 1.29 is 23.1 Å². The number of aromatic carboxylic acids is 1. The molecule has 0 aromatic heterocycles. The van der Waals surface area contributed by atoms with Gasteiger partial charge < -0.3 is 9.84 Å². The van der Waals surface area contributed by atoms with Crippen molar-refractivity contribution in [2.24, 2.45) is 0 Å². The van der Waals surface area contributed by atoms with Crippen molar-refractivity contribution in [3.63, 3.8) is 0 Å². The maximum atomic E-state index is 11.7. The number of sulfone groups is 1. The van der Waals surface area contributed by atoms with Gasteiger partial charge in [-0.3, -0.25) is 0 Å². The Morgan fingerprint density at radius 1 is 1.53 bits per heavy atom. The van der Waals surface area contributed by atoms with Gasteiger partial charge in [-0.1, -0.05) is 6.08 Å². The Hall–Kier alpha value is -1.82. The summed E-state index contributed by atoms with van der Waals surface area (Å²) < 4.78 is 28.2. The van der Waals surface area contributed by atoms with Gasteiger partial charge in [0.1, 0.15) is 11.3 Å². The van der Waals surface area contributed by atoms with Gasteiger partial charge in [0.15, 0.2) is 9.84 Å². The van der Waals surface area contributed by atoms with Crippen molar-refractivity contribution in [1.29, 1.82) is 0 Å². The molecule has 0 atom stereocenters. The molecule has 5 nitrogen and oxygen atoms in total. The van der Waals surface area contributed by atoms with Crippen LogP contribution < -0.4 is 4.74 Å². The van der Waals surface area contributed by atoms with Crippen molar-refractivity contribution in [3.05, 3.63) is 36.4 Å². The van der Waals surface area contributed by atoms with Gasteiger partial charge in [-0.25, -0.2) is 13.2 Å². The third-order valence-corrected chi connectivity index (χ3v) is 3.74. The topological polar surface area (TPSA) is 80.7 Å². The minimum atomic E-state index is -3.53. The van der Waals surface area contributed by atoms with Gasteiger partial charge in [-0.05, 0) is 18.2 Å². The van der Waals surface area contributed by atoms with Gasteiger partial charge in [0.25, 0.3) is 0 Å². The normalized spacial score (nSPS) is 10.9. The molecule has 0 amide bonds. The molecule has 1 aromatic carbocycles. The monoisotopic (exact) mass is 256 g/mol. The van der Waals surface area contributed by atoms with Crippen molar-refractivity contribution in [2.75, 3.05) is 12.9 Å². The van der Waals surface area contributed by atoms with Crippen molar-refractivity contribution in [2.45, 2.75) is 4.90 Å². The fourth-order valence-electron chi connectivity index (χ4n) is 1.30. The molecule has 0 aliphatic heterocycles. The molecule has 0 aliphatic rings. The zero-order valence-electron chi connectivity index (χ0n) is 9.21. The number of hydrogen-bond acceptors (Lipinski definition) is 4. The van der Waals surface area contributed by atoms with Crippen LogP contribution in [0.3, 0.4) is 0 Å². The summed E-state index contributed by atoms with van der Waals surface area (Å²) in [6.07, 6.45) is 1.25. The summed E-state index contributed by atoms with van der Waals surface area (Å²) in [6, 6.07) is 3.71. The number of hydrogen-bond donors (Lipinski definition) is 1. The predicted molar refractivity (Wildman–Crippen MR) is 62.2 cm³/mol. The van der Waals surface area contributed by atoms with E-state index in [-0.39, 0.29) is 22.0 Å². The van der Waals surface area contributed by atoms with E-state index in [1.54, 1.807) is 0 Å². The fraction of sp³-hybridized carbons (Fsp3) is 0.182. The van der Waals surface area contributed by atoms with Gasteiger partial charge in [0.05, 0.1) is 17.8 Å². The van der Waals surface area contributed by atoms with E-state index in [1.165, 1.54) is 25.3 Å². The lowest BCUT2D eigenvalue weighted by atomic mass is 10.2. The van der Waals surface area contributed by atoms with Crippen LogP contribution in [0, 0.1) is 0 Å². The zero-order valence-corrected chi connectivity index (χ0v) is 10.0. The minimum Gasteiger partial charge on any atom is -0.496 e. The number of carbonyl (C=O) groups is 1. The Morgan fingerprint density at radius 3 is 2.65 bits per heavy atom. The van der Waals surface area contributed by atoms with Crippen LogP contribution in [0.5, 0.6) is 5.75 Å². The van der Waals surface area contributed by atoms with E-state index in [0.717, 1.165) is 6.07 Å². The number of rotatable bonds is 5. The van der Waals surface area contributed by atoms with Crippen molar-refractivity contribution >= 4 is 15.8 Å². The van der Waals surface area contributed by atoms with Gasteiger partial charge >= 0.3 is 5.97 Å². The van der Waals surface area contributed by atoms with E-state index in [9.17, 15) is 13.2 Å². The van der Waals surface area contributed by atoms with E-state index in [4.69, 9.17) is 9.84 Å². The number of methoxy groups -OCH3 is 1. The lowest BCUT2D eigenvalue weighted by Gasteiger charge is -2.07. The molecule has 0 saturated heterocycles. The van der Waals surface area contributed by atoms with Crippen LogP contribution >= 0.6 is 0 Å². The average molecular weight is 256 g/mol. The first-order chi connectivity index (χ1) is 7.92. The Bertz CT molecular complexity index is 545. The van der Waals surface area contributed by atoms with Crippen molar-refractivity contribution in [3.8, 4) is 5.75 Å². The third-order valence-electron chi connectivity index (χ3n) is 2.10. The lowest BCUT2D eigenvalue weighted by Crippen LogP contribution is -2.07. The second-order valence-electron chi connectivity index (χ2n) is 3.24. The van der Waals surface area contributed by atoms with Crippen LogP contribution in [0.15, 0.2) is 35.7 Å². The van der Waals surface area contributed by atoms with E-state index in [1.807, 2.05) is 0 Å². The molecule has 0 bridgehead atoms. The quantitative estimate of drug-likeness (QED) is 0.804. The fourth-order valence-corrected chi connectivity index (χ4v) is 2.37. The lowest BCUT2D eigenvalue weighted by molar-refractivity contribution is 0.0693. The zero-order chi connectivity index (χ0) is 13.1. The summed E-state index contributed by atoms with van der Waals surface area (Å²) in [5, 5.41) is 8.92. The first-order valence-electron chi connectivity index (χ1n) is 4.67. The molecule has 0 unspecified atom stereocenters. The Morgan fingerprint density at radius 2 is 2.18 bits per heavy atom. The molecular weight excluding hydrogens is 244 g/mol. The number of benzene rings is 1. The minimum absolute atomic E-state index is 0.0596. The standard InChI is InChI=1S/C11H12O5S/c1-3-6-17(14,15)8-4-5-10(16-2)9(7-8)11(12)13/h3-5,7H,1,6H2,2H3,(H,12,13). The number of carboxylic acid groups (broad SMARTS) is 1. The van der Waals surface area contributed by atoms with Crippen LogP contribution in [0.1, 0.15) is 10.4 Å². The van der Waals surface area contributed by atoms with Gasteiger partial charge in [0, 0.05) is 0 Å². The molecule has 0 heterocycles. The summed E-state index contributed by atoms with van der Waals surface area (Å²) in [5.74, 6) is -1.36. The van der Waals surface area contributed by atoms with Gasteiger partial charge in [0.2, 0.25) is 0 Å². The van der Waals surface area contributed by atoms with Crippen molar-refractivity contribution in [1.82, 2.24) is 0 Å². The molecule has 0 aliphatic carbocycles. The van der Waals surface area contributed by atoms with E-state index in [2.05, 4.69) is 6.58 Å². The molecule has 0 saturated carbocycles. The highest BCUT2D eigenvalue weighted by Gasteiger charge is 2.18. The maximum absolute atomic E-state index is 11.7. The maximum Gasteiger partial charge on any atom is 0.339 e. The summed E-state index contributed by atoms with van der Waals surface area (Å²) >= 11 is 0. The second-order valence-corrected chi connectivity index (χ2v) is 5.27. The summed E-state index contributed by atoms with van der Waals surface area (Å²) in [6.45, 7) is 3.34. The number of ether oxygens (including phenoxy) is 1. The van der Waals surface area contributed by atoms with E-state index in [0.29, 0.717) is 0 Å². The van der Waals surface area contributed by atoms with Crippen LogP contribution in [0.4, 0.5) is 0 Å². The van der Waals surface area contributed by atoms with Crippen LogP contribution in [-0.2, 0) is 9.84 Å². The Labute approximate surface area is 99.3 Å². The van der Waals surface area contributed by atoms with Gasteiger partial charge in [-0.2, -0.15) is 0 Å². The largest absolute Gasteiger partial charge is 0.496 e. The highest BCUT2D eigenvalue weighted by atomic mass is 32.2. The molecule has 92 valence electrons. The molecule has 6 heteroatoms. The number of carboxylic acids is 1. The van der Waals surface area contributed by atoms with Crippen LogP contribution in [-0.4, -0.2) is 32.4 Å². The summed E-state index contributed by atoms with van der Waals surface area (Å²) in [7, 11) is -2.21. The average Bonchev–Trinajstić information content (AvgIpc) is 2.28. The van der Waals surface area contributed by atoms with E-state index >= 15 is 0 Å². The molecule has 1 aromatic rings. The molecule has 0 spiro atoms. The highest BCUT2D eigenvalue weighted by Crippen LogP contribution is 2.23. The summed E-state index contributed by atoms with van der Waals surface area (Å²) in [5.41, 5.74) is -0.183. The third kappa shape index (κ3) is 2.85. The van der Waals surface area contributed by atoms with E-state index < -0.39 is 15.8 Å². The smallest absolute Gasteiger partial charge is 0.339 e. The molecule has 17 heavy (non-hydrogen) atoms. The predicted octanol–water partition coefficient (Wildman–Crippen LogP) is 1.35. The summed E-state index contributed by atoms with van der Waals surface area (Å²) in [4.78, 5) is 10.9. The van der Waals surface area contributed by atoms with Crippen LogP contribution in [0.25, 0.3) is 0 Å². The second kappa shape index (κ2) is 5.01. The molecular formula is C11H12O5S. The van der Waals surface area contributed by atoms with Gasteiger partial charge in [-0.15, -0.1) is 6.58 Å².